The molecule has 0 aromatic carbocycles. The van der Waals surface area contributed by atoms with Crippen LogP contribution in [0.1, 0.15) is 26.2 Å². The van der Waals surface area contributed by atoms with Crippen molar-refractivity contribution in [3.8, 4) is 0 Å². The summed E-state index contributed by atoms with van der Waals surface area (Å²) < 4.78 is 0. The SMILES string of the molecule is CCNC(=O)NC(=O)CN(C)CCCCCO. The van der Waals surface area contributed by atoms with Gasteiger partial charge < -0.3 is 10.4 Å². The highest BCUT2D eigenvalue weighted by Gasteiger charge is 2.09. The zero-order valence-electron chi connectivity index (χ0n) is 10.7. The van der Waals surface area contributed by atoms with Crippen molar-refractivity contribution < 1.29 is 14.7 Å². The summed E-state index contributed by atoms with van der Waals surface area (Å²) in [6, 6.07) is -0.453. The van der Waals surface area contributed by atoms with Crippen molar-refractivity contribution in [3.05, 3.63) is 0 Å². The Hall–Kier alpha value is -1.14. The van der Waals surface area contributed by atoms with Crippen molar-refractivity contribution in [2.45, 2.75) is 26.2 Å². The molecule has 0 saturated carbocycles. The molecule has 17 heavy (non-hydrogen) atoms. The lowest BCUT2D eigenvalue weighted by atomic mass is 10.2. The molecule has 0 aromatic heterocycles. The molecule has 6 nitrogen and oxygen atoms in total. The number of rotatable bonds is 8. The van der Waals surface area contributed by atoms with E-state index in [1.807, 2.05) is 11.9 Å². The number of urea groups is 1. The number of nitrogens with one attached hydrogen (secondary N) is 2. The first kappa shape index (κ1) is 15.9. The lowest BCUT2D eigenvalue weighted by Crippen LogP contribution is -2.43. The second kappa shape index (κ2) is 10.0. The summed E-state index contributed by atoms with van der Waals surface area (Å²) in [5, 5.41) is 13.3. The summed E-state index contributed by atoms with van der Waals surface area (Å²) in [4.78, 5) is 24.3. The van der Waals surface area contributed by atoms with Crippen LogP contribution in [0.3, 0.4) is 0 Å². The average Bonchev–Trinajstić information content (AvgIpc) is 2.24. The molecule has 0 heterocycles. The van der Waals surface area contributed by atoms with Gasteiger partial charge in [-0.15, -0.1) is 0 Å². The number of hydrogen-bond donors (Lipinski definition) is 3. The third kappa shape index (κ3) is 9.77. The second-order valence-corrected chi connectivity index (χ2v) is 3.93. The molecule has 0 aromatic rings. The zero-order chi connectivity index (χ0) is 13.1. The van der Waals surface area contributed by atoms with Gasteiger partial charge in [-0.05, 0) is 39.8 Å². The lowest BCUT2D eigenvalue weighted by Gasteiger charge is -2.15. The Morgan fingerprint density at radius 1 is 1.24 bits per heavy atom. The minimum atomic E-state index is -0.453. The van der Waals surface area contributed by atoms with Crippen molar-refractivity contribution in [1.82, 2.24) is 15.5 Å². The number of aliphatic hydroxyl groups excluding tert-OH is 1. The highest BCUT2D eigenvalue weighted by Crippen LogP contribution is 1.96. The Labute approximate surface area is 102 Å². The number of nitrogens with zero attached hydrogens (tertiary/aromatic N) is 1. The van der Waals surface area contributed by atoms with Crippen molar-refractivity contribution in [2.24, 2.45) is 0 Å². The predicted molar refractivity (Wildman–Crippen MR) is 65.6 cm³/mol. The maximum Gasteiger partial charge on any atom is 0.321 e. The highest BCUT2D eigenvalue weighted by atomic mass is 16.3. The Bertz CT molecular complexity index is 234. The lowest BCUT2D eigenvalue weighted by molar-refractivity contribution is -0.120. The number of unbranched alkanes of at least 4 members (excludes halogenated alkanes) is 2. The van der Waals surface area contributed by atoms with Crippen molar-refractivity contribution in [3.63, 3.8) is 0 Å². The summed E-state index contributed by atoms with van der Waals surface area (Å²) in [5.41, 5.74) is 0. The molecular formula is C11H23N3O3. The normalized spacial score (nSPS) is 10.4. The molecule has 0 aliphatic rings. The van der Waals surface area contributed by atoms with Gasteiger partial charge in [0.25, 0.3) is 0 Å². The molecule has 0 atom stereocenters. The van der Waals surface area contributed by atoms with Gasteiger partial charge in [-0.25, -0.2) is 4.79 Å². The van der Waals surface area contributed by atoms with Crippen LogP contribution in [-0.2, 0) is 4.79 Å². The van der Waals surface area contributed by atoms with Crippen LogP contribution in [0.2, 0.25) is 0 Å². The topological polar surface area (TPSA) is 81.7 Å². The Morgan fingerprint density at radius 3 is 2.53 bits per heavy atom. The molecule has 100 valence electrons. The number of imide groups is 1. The quantitative estimate of drug-likeness (QED) is 0.523. The molecule has 0 unspecified atom stereocenters. The van der Waals surface area contributed by atoms with Crippen LogP contribution in [-0.4, -0.2) is 55.2 Å². The Kier molecular flexibility index (Phi) is 9.37. The van der Waals surface area contributed by atoms with Gasteiger partial charge in [0.05, 0.1) is 6.54 Å². The molecule has 0 fully saturated rings. The fourth-order valence-electron chi connectivity index (χ4n) is 1.37. The van der Waals surface area contributed by atoms with Gasteiger partial charge >= 0.3 is 6.03 Å². The Balaban J connectivity index is 3.61. The molecule has 3 N–H and O–H groups in total. The van der Waals surface area contributed by atoms with E-state index >= 15 is 0 Å². The van der Waals surface area contributed by atoms with E-state index in [4.69, 9.17) is 5.11 Å². The summed E-state index contributed by atoms with van der Waals surface area (Å²) in [5.74, 6) is -0.305. The first-order chi connectivity index (χ1) is 8.10. The molecule has 0 aliphatic heterocycles. The summed E-state index contributed by atoms with van der Waals surface area (Å²) in [6.07, 6.45) is 2.67. The first-order valence-corrected chi connectivity index (χ1v) is 5.97. The summed E-state index contributed by atoms with van der Waals surface area (Å²) in [7, 11) is 1.83. The fourth-order valence-corrected chi connectivity index (χ4v) is 1.37. The van der Waals surface area contributed by atoms with Crippen molar-refractivity contribution in [1.29, 1.82) is 0 Å². The van der Waals surface area contributed by atoms with E-state index in [1.165, 1.54) is 0 Å². The number of carbonyl (C=O) groups is 2. The molecule has 0 rings (SSSR count). The average molecular weight is 245 g/mol. The van der Waals surface area contributed by atoms with Gasteiger partial charge in [-0.1, -0.05) is 0 Å². The van der Waals surface area contributed by atoms with E-state index < -0.39 is 6.03 Å². The van der Waals surface area contributed by atoms with Gasteiger partial charge in [0.1, 0.15) is 0 Å². The Morgan fingerprint density at radius 2 is 1.94 bits per heavy atom. The number of likely N-dealkylation sites (N-methyl/N-ethyl adjacent to an activating group) is 1. The maximum absolute atomic E-state index is 11.4. The van der Waals surface area contributed by atoms with E-state index in [1.54, 1.807) is 6.92 Å². The van der Waals surface area contributed by atoms with Crippen LogP contribution >= 0.6 is 0 Å². The van der Waals surface area contributed by atoms with Crippen LogP contribution < -0.4 is 10.6 Å². The van der Waals surface area contributed by atoms with E-state index in [0.717, 1.165) is 25.8 Å². The number of hydrogen-bond acceptors (Lipinski definition) is 4. The third-order valence-electron chi connectivity index (χ3n) is 2.20. The standard InChI is InChI=1S/C11H23N3O3/c1-3-12-11(17)13-10(16)9-14(2)7-5-4-6-8-15/h15H,3-9H2,1-2H3,(H2,12,13,16,17). The predicted octanol–water partition coefficient (Wildman–Crippen LogP) is -0.0735. The molecule has 0 bridgehead atoms. The van der Waals surface area contributed by atoms with Crippen LogP contribution in [0.15, 0.2) is 0 Å². The van der Waals surface area contributed by atoms with Crippen molar-refractivity contribution in [2.75, 3.05) is 33.3 Å². The molecule has 6 heteroatoms. The molecular weight excluding hydrogens is 222 g/mol. The summed E-state index contributed by atoms with van der Waals surface area (Å²) in [6.45, 7) is 3.48. The van der Waals surface area contributed by atoms with E-state index in [-0.39, 0.29) is 19.1 Å². The minimum absolute atomic E-state index is 0.205. The van der Waals surface area contributed by atoms with Gasteiger partial charge in [0.2, 0.25) is 5.91 Å². The number of amides is 3. The van der Waals surface area contributed by atoms with Gasteiger partial charge in [-0.2, -0.15) is 0 Å². The third-order valence-corrected chi connectivity index (χ3v) is 2.20. The highest BCUT2D eigenvalue weighted by molar-refractivity contribution is 5.95. The van der Waals surface area contributed by atoms with Crippen molar-refractivity contribution >= 4 is 11.9 Å². The van der Waals surface area contributed by atoms with Gasteiger partial charge in [0.15, 0.2) is 0 Å². The van der Waals surface area contributed by atoms with Crippen LogP contribution in [0.25, 0.3) is 0 Å². The fraction of sp³-hybridized carbons (Fsp3) is 0.818. The maximum atomic E-state index is 11.4. The second-order valence-electron chi connectivity index (χ2n) is 3.93. The minimum Gasteiger partial charge on any atom is -0.396 e. The van der Waals surface area contributed by atoms with Crippen LogP contribution in [0.4, 0.5) is 4.79 Å². The van der Waals surface area contributed by atoms with Crippen LogP contribution in [0, 0.1) is 0 Å². The van der Waals surface area contributed by atoms with E-state index in [9.17, 15) is 9.59 Å². The molecule has 0 radical (unpaired) electrons. The molecule has 0 aliphatic carbocycles. The number of carbonyl (C=O) groups excluding carboxylic acids is 2. The largest absolute Gasteiger partial charge is 0.396 e. The van der Waals surface area contributed by atoms with E-state index in [0.29, 0.717) is 6.54 Å². The first-order valence-electron chi connectivity index (χ1n) is 5.97. The van der Waals surface area contributed by atoms with Crippen LogP contribution in [0.5, 0.6) is 0 Å². The summed E-state index contributed by atoms with van der Waals surface area (Å²) >= 11 is 0. The molecule has 0 saturated heterocycles. The number of aliphatic hydroxyl groups is 1. The molecule has 0 spiro atoms. The van der Waals surface area contributed by atoms with Gasteiger partial charge in [0, 0.05) is 13.2 Å². The van der Waals surface area contributed by atoms with Gasteiger partial charge in [-0.3, -0.25) is 15.0 Å². The monoisotopic (exact) mass is 245 g/mol. The zero-order valence-corrected chi connectivity index (χ0v) is 10.7. The van der Waals surface area contributed by atoms with E-state index in [2.05, 4.69) is 10.6 Å². The molecule has 3 amide bonds. The smallest absolute Gasteiger partial charge is 0.321 e.